The fourth-order valence-electron chi connectivity index (χ4n) is 2.99. The molecule has 0 amide bonds. The van der Waals surface area contributed by atoms with Crippen LogP contribution >= 0.6 is 0 Å². The molecule has 1 saturated heterocycles. The number of allylic oxidation sites excluding steroid dienone is 2. The largest absolute Gasteiger partial charge is 0.314 e. The smallest absolute Gasteiger partial charge is 0.0170 e. The van der Waals surface area contributed by atoms with Gasteiger partial charge in [-0.1, -0.05) is 78.9 Å². The summed E-state index contributed by atoms with van der Waals surface area (Å²) in [6, 6.07) is 21.2. The molecule has 24 heavy (non-hydrogen) atoms. The van der Waals surface area contributed by atoms with Crippen molar-refractivity contribution in [2.75, 3.05) is 32.7 Å². The number of nitrogens with one attached hydrogen (secondary N) is 1. The number of nitrogens with zero attached hydrogens (tertiary/aromatic N) is 1. The molecule has 0 aliphatic carbocycles. The van der Waals surface area contributed by atoms with E-state index in [1.54, 1.807) is 0 Å². The van der Waals surface area contributed by atoms with E-state index in [2.05, 4.69) is 89.1 Å². The van der Waals surface area contributed by atoms with Gasteiger partial charge >= 0.3 is 0 Å². The monoisotopic (exact) mass is 318 g/mol. The summed E-state index contributed by atoms with van der Waals surface area (Å²) >= 11 is 0. The maximum absolute atomic E-state index is 3.41. The van der Waals surface area contributed by atoms with Crippen LogP contribution in [-0.4, -0.2) is 37.6 Å². The van der Waals surface area contributed by atoms with Crippen LogP contribution in [-0.2, 0) is 0 Å². The lowest BCUT2D eigenvalue weighted by Gasteiger charge is -2.26. The molecule has 1 aliphatic rings. The van der Waals surface area contributed by atoms with Crippen LogP contribution < -0.4 is 5.32 Å². The summed E-state index contributed by atoms with van der Waals surface area (Å²) in [4.78, 5) is 2.51. The van der Waals surface area contributed by atoms with Crippen molar-refractivity contribution in [2.45, 2.75) is 6.42 Å². The van der Waals surface area contributed by atoms with Gasteiger partial charge in [-0.3, -0.25) is 4.90 Å². The fourth-order valence-corrected chi connectivity index (χ4v) is 2.99. The van der Waals surface area contributed by atoms with Gasteiger partial charge in [0.05, 0.1) is 0 Å². The van der Waals surface area contributed by atoms with Crippen LogP contribution in [0.3, 0.4) is 0 Å². The van der Waals surface area contributed by atoms with Crippen molar-refractivity contribution < 1.29 is 0 Å². The topological polar surface area (TPSA) is 15.3 Å². The van der Waals surface area contributed by atoms with Crippen LogP contribution in [0.25, 0.3) is 11.6 Å². The van der Waals surface area contributed by atoms with E-state index in [1.165, 1.54) is 16.7 Å². The van der Waals surface area contributed by atoms with E-state index in [9.17, 15) is 0 Å². The van der Waals surface area contributed by atoms with Gasteiger partial charge in [0.1, 0.15) is 0 Å². The normalized spacial score (nSPS) is 16.6. The molecule has 2 heteroatoms. The van der Waals surface area contributed by atoms with Gasteiger partial charge in [-0.25, -0.2) is 0 Å². The second-order valence-electron chi connectivity index (χ2n) is 6.16. The van der Waals surface area contributed by atoms with Crippen molar-refractivity contribution >= 4 is 11.6 Å². The number of hydrogen-bond donors (Lipinski definition) is 1. The van der Waals surface area contributed by atoms with Gasteiger partial charge in [0, 0.05) is 32.7 Å². The number of benzene rings is 2. The molecule has 0 aromatic heterocycles. The Balaban J connectivity index is 1.68. The highest BCUT2D eigenvalue weighted by Crippen LogP contribution is 2.19. The maximum atomic E-state index is 3.41. The zero-order chi connectivity index (χ0) is 16.5. The molecule has 1 heterocycles. The van der Waals surface area contributed by atoms with E-state index >= 15 is 0 Å². The SMILES string of the molecule is C(/CN1CCNCC1)=C(\C/C=C/c1ccccc1)c1ccccc1. The van der Waals surface area contributed by atoms with Crippen molar-refractivity contribution in [1.82, 2.24) is 10.2 Å². The third-order valence-electron chi connectivity index (χ3n) is 4.40. The minimum atomic E-state index is 0.963. The van der Waals surface area contributed by atoms with Crippen LogP contribution in [0.1, 0.15) is 17.5 Å². The molecule has 2 aromatic rings. The van der Waals surface area contributed by atoms with Gasteiger partial charge in [-0.05, 0) is 23.1 Å². The summed E-state index contributed by atoms with van der Waals surface area (Å²) in [6.45, 7) is 5.51. The molecule has 0 atom stereocenters. The second kappa shape index (κ2) is 9.21. The summed E-state index contributed by atoms with van der Waals surface area (Å²) in [5.74, 6) is 0. The summed E-state index contributed by atoms with van der Waals surface area (Å²) in [5.41, 5.74) is 3.98. The number of hydrogen-bond acceptors (Lipinski definition) is 2. The van der Waals surface area contributed by atoms with Crippen molar-refractivity contribution in [3.63, 3.8) is 0 Å². The van der Waals surface area contributed by atoms with Gasteiger partial charge < -0.3 is 5.32 Å². The van der Waals surface area contributed by atoms with Crippen LogP contribution in [0.4, 0.5) is 0 Å². The fraction of sp³-hybridized carbons (Fsp3) is 0.273. The Hall–Kier alpha value is -2.16. The highest BCUT2D eigenvalue weighted by molar-refractivity contribution is 5.68. The summed E-state index contributed by atoms with van der Waals surface area (Å²) < 4.78 is 0. The Kier molecular flexibility index (Phi) is 6.41. The van der Waals surface area contributed by atoms with Gasteiger partial charge in [-0.15, -0.1) is 0 Å². The third kappa shape index (κ3) is 5.19. The Morgan fingerprint density at radius 2 is 1.58 bits per heavy atom. The van der Waals surface area contributed by atoms with Crippen molar-refractivity contribution in [2.24, 2.45) is 0 Å². The molecule has 2 aromatic carbocycles. The maximum Gasteiger partial charge on any atom is 0.0170 e. The van der Waals surface area contributed by atoms with Crippen LogP contribution in [0, 0.1) is 0 Å². The van der Waals surface area contributed by atoms with Gasteiger partial charge in [0.2, 0.25) is 0 Å². The predicted molar refractivity (Wildman–Crippen MR) is 104 cm³/mol. The lowest BCUT2D eigenvalue weighted by Crippen LogP contribution is -2.43. The molecular weight excluding hydrogens is 292 g/mol. The Morgan fingerprint density at radius 1 is 0.917 bits per heavy atom. The summed E-state index contributed by atoms with van der Waals surface area (Å²) in [5, 5.41) is 3.41. The summed E-state index contributed by atoms with van der Waals surface area (Å²) in [7, 11) is 0. The Bertz CT molecular complexity index is 653. The third-order valence-corrected chi connectivity index (χ3v) is 4.40. The summed E-state index contributed by atoms with van der Waals surface area (Å²) in [6.07, 6.45) is 7.84. The van der Waals surface area contributed by atoms with E-state index in [0.29, 0.717) is 0 Å². The van der Waals surface area contributed by atoms with Crippen LogP contribution in [0.5, 0.6) is 0 Å². The molecule has 0 bridgehead atoms. The zero-order valence-electron chi connectivity index (χ0n) is 14.2. The quantitative estimate of drug-likeness (QED) is 0.863. The molecule has 124 valence electrons. The molecule has 0 radical (unpaired) electrons. The minimum Gasteiger partial charge on any atom is -0.314 e. The molecular formula is C22H26N2. The highest BCUT2D eigenvalue weighted by atomic mass is 15.2. The van der Waals surface area contributed by atoms with Crippen LogP contribution in [0.15, 0.2) is 72.8 Å². The van der Waals surface area contributed by atoms with Gasteiger partial charge in [-0.2, -0.15) is 0 Å². The van der Waals surface area contributed by atoms with Crippen molar-refractivity contribution in [1.29, 1.82) is 0 Å². The average molecular weight is 318 g/mol. The Morgan fingerprint density at radius 3 is 2.29 bits per heavy atom. The number of piperazine rings is 1. The first-order valence-electron chi connectivity index (χ1n) is 8.81. The first-order chi connectivity index (χ1) is 11.9. The van der Waals surface area contributed by atoms with Gasteiger partial charge in [0.25, 0.3) is 0 Å². The number of rotatable bonds is 6. The molecule has 1 fully saturated rings. The van der Waals surface area contributed by atoms with Crippen molar-refractivity contribution in [3.8, 4) is 0 Å². The second-order valence-corrected chi connectivity index (χ2v) is 6.16. The molecule has 2 nitrogen and oxygen atoms in total. The van der Waals surface area contributed by atoms with Crippen molar-refractivity contribution in [3.05, 3.63) is 83.9 Å². The highest BCUT2D eigenvalue weighted by Gasteiger charge is 2.08. The molecule has 1 aliphatic heterocycles. The van der Waals surface area contributed by atoms with Gasteiger partial charge in [0.15, 0.2) is 0 Å². The molecule has 0 unspecified atom stereocenters. The zero-order valence-corrected chi connectivity index (χ0v) is 14.2. The predicted octanol–water partition coefficient (Wildman–Crippen LogP) is 4.08. The van der Waals surface area contributed by atoms with Crippen LogP contribution in [0.2, 0.25) is 0 Å². The molecule has 1 N–H and O–H groups in total. The standard InChI is InChI=1S/C22H26N2/c1-3-8-20(9-4-1)10-7-13-22(21-11-5-2-6-12-21)14-17-24-18-15-23-16-19-24/h1-12,14,23H,13,15-19H2/b10-7+,22-14-. The Labute approximate surface area is 145 Å². The van der Waals surface area contributed by atoms with E-state index in [1.807, 2.05) is 0 Å². The van der Waals surface area contributed by atoms with E-state index in [0.717, 1.165) is 39.1 Å². The lowest BCUT2D eigenvalue weighted by atomic mass is 10.0. The molecule has 3 rings (SSSR count). The average Bonchev–Trinajstić information content (AvgIpc) is 2.67. The first kappa shape index (κ1) is 16.7. The van der Waals surface area contributed by atoms with E-state index < -0.39 is 0 Å². The van der Waals surface area contributed by atoms with E-state index in [4.69, 9.17) is 0 Å². The molecule has 0 saturated carbocycles. The lowest BCUT2D eigenvalue weighted by molar-refractivity contribution is 0.265. The molecule has 0 spiro atoms. The van der Waals surface area contributed by atoms with E-state index in [-0.39, 0.29) is 0 Å². The first-order valence-corrected chi connectivity index (χ1v) is 8.81. The minimum absolute atomic E-state index is 0.963.